The van der Waals surface area contributed by atoms with E-state index in [0.717, 1.165) is 0 Å². The van der Waals surface area contributed by atoms with Crippen LogP contribution >= 0.6 is 0 Å². The molecule has 21 nitrogen and oxygen atoms in total. The number of aliphatic hydroxyl groups is 1. The number of amides is 8. The van der Waals surface area contributed by atoms with Crippen molar-refractivity contribution in [2.24, 2.45) is 5.73 Å². The molecule has 2 aliphatic rings. The van der Waals surface area contributed by atoms with Crippen molar-refractivity contribution < 1.29 is 53.4 Å². The number of carboxylic acid groups (broad SMARTS) is 1. The molecule has 0 spiro atoms. The van der Waals surface area contributed by atoms with E-state index in [-0.39, 0.29) is 44.6 Å². The van der Waals surface area contributed by atoms with Gasteiger partial charge >= 0.3 is 5.97 Å². The Labute approximate surface area is 291 Å². The van der Waals surface area contributed by atoms with Crippen LogP contribution in [0, 0.1) is 0 Å². The number of aromatic nitrogens is 2. The second-order valence-corrected chi connectivity index (χ2v) is 12.3. The number of aromatic amines is 1. The second-order valence-electron chi connectivity index (χ2n) is 12.3. The normalized spacial score (nSPS) is 19.7. The van der Waals surface area contributed by atoms with Gasteiger partial charge in [0.1, 0.15) is 36.3 Å². The van der Waals surface area contributed by atoms with E-state index < -0.39 is 103 Å². The number of H-pyrrole nitrogens is 1. The Hall–Kier alpha value is -5.60. The predicted octanol–water partition coefficient (Wildman–Crippen LogP) is -4.97. The van der Waals surface area contributed by atoms with Crippen molar-refractivity contribution in [3.63, 3.8) is 0 Å². The Morgan fingerprint density at radius 3 is 2.29 bits per heavy atom. The molecule has 0 bridgehead atoms. The summed E-state index contributed by atoms with van der Waals surface area (Å²) in [5.41, 5.74) is 5.79. The summed E-state index contributed by atoms with van der Waals surface area (Å²) in [4.78, 5) is 120. The Morgan fingerprint density at radius 1 is 1.00 bits per heavy atom. The quantitative estimate of drug-likeness (QED) is 0.0682. The van der Waals surface area contributed by atoms with Crippen LogP contribution in [0.1, 0.15) is 58.1 Å². The van der Waals surface area contributed by atoms with Crippen LogP contribution in [-0.2, 0) is 49.6 Å². The number of nitrogens with one attached hydrogen (secondary N) is 7. The third kappa shape index (κ3) is 11.8. The highest BCUT2D eigenvalue weighted by Gasteiger charge is 2.38. The van der Waals surface area contributed by atoms with E-state index in [1.54, 1.807) is 0 Å². The number of likely N-dealkylation sites (tertiary alicyclic amines) is 1. The van der Waals surface area contributed by atoms with Crippen molar-refractivity contribution in [3.05, 3.63) is 18.2 Å². The molecule has 3 rings (SSSR count). The van der Waals surface area contributed by atoms with Crippen molar-refractivity contribution >= 4 is 53.2 Å². The Balaban J connectivity index is 1.56. The lowest BCUT2D eigenvalue weighted by atomic mass is 10.1. The number of carbonyl (C=O) groups is 9. The van der Waals surface area contributed by atoms with Crippen molar-refractivity contribution in [1.29, 1.82) is 0 Å². The molecule has 1 aromatic heterocycles. The van der Waals surface area contributed by atoms with Crippen LogP contribution in [0.5, 0.6) is 0 Å². The van der Waals surface area contributed by atoms with Gasteiger partial charge in [-0.3, -0.25) is 43.2 Å². The summed E-state index contributed by atoms with van der Waals surface area (Å²) in [5, 5.41) is 33.7. The number of hydrogen-bond donors (Lipinski definition) is 10. The van der Waals surface area contributed by atoms with Gasteiger partial charge in [-0.25, -0.2) is 4.98 Å². The summed E-state index contributed by atoms with van der Waals surface area (Å²) < 4.78 is 0. The maximum atomic E-state index is 13.3. The molecule has 2 aliphatic heterocycles. The number of primary amides is 1. The summed E-state index contributed by atoms with van der Waals surface area (Å²) in [6.07, 6.45) is 1.72. The van der Waals surface area contributed by atoms with Gasteiger partial charge in [0, 0.05) is 37.7 Å². The molecule has 280 valence electrons. The van der Waals surface area contributed by atoms with Crippen LogP contribution in [0.4, 0.5) is 0 Å². The molecule has 0 aromatic carbocycles. The largest absolute Gasteiger partial charge is 0.481 e. The van der Waals surface area contributed by atoms with Gasteiger partial charge in [0.05, 0.1) is 19.0 Å². The first-order valence-corrected chi connectivity index (χ1v) is 16.3. The number of aliphatic carboxylic acids is 1. The molecule has 1 aromatic rings. The number of nitrogens with zero attached hydrogens (tertiary/aromatic N) is 2. The fraction of sp³-hybridized carbons (Fsp3) is 0.600. The molecule has 0 radical (unpaired) electrons. The number of carbonyl (C=O) groups excluding carboxylic acids is 8. The van der Waals surface area contributed by atoms with Crippen molar-refractivity contribution in [2.75, 3.05) is 13.1 Å². The molecule has 0 saturated carbocycles. The van der Waals surface area contributed by atoms with Crippen molar-refractivity contribution in [3.8, 4) is 0 Å². The molecule has 0 unspecified atom stereocenters. The van der Waals surface area contributed by atoms with Crippen LogP contribution in [0.15, 0.2) is 12.5 Å². The Morgan fingerprint density at radius 2 is 1.71 bits per heavy atom. The molecule has 0 aliphatic carbocycles. The van der Waals surface area contributed by atoms with Crippen molar-refractivity contribution in [1.82, 2.24) is 46.8 Å². The maximum absolute atomic E-state index is 13.3. The summed E-state index contributed by atoms with van der Waals surface area (Å²) in [7, 11) is 0. The molecule has 11 N–H and O–H groups in total. The number of hydrogen-bond acceptors (Lipinski definition) is 11. The zero-order valence-electron chi connectivity index (χ0n) is 28.1. The summed E-state index contributed by atoms with van der Waals surface area (Å²) >= 11 is 0. The van der Waals surface area contributed by atoms with E-state index >= 15 is 0 Å². The first-order valence-electron chi connectivity index (χ1n) is 16.3. The summed E-state index contributed by atoms with van der Waals surface area (Å²) in [6.45, 7) is 2.02. The first kappa shape index (κ1) is 39.8. The van der Waals surface area contributed by atoms with E-state index in [4.69, 9.17) is 10.8 Å². The van der Waals surface area contributed by atoms with Crippen LogP contribution in [0.25, 0.3) is 0 Å². The van der Waals surface area contributed by atoms with Gasteiger partial charge in [-0.1, -0.05) is 0 Å². The monoisotopic (exact) mass is 720 g/mol. The lowest BCUT2D eigenvalue weighted by Gasteiger charge is -2.29. The average molecular weight is 721 g/mol. The van der Waals surface area contributed by atoms with Gasteiger partial charge in [0.25, 0.3) is 0 Å². The minimum atomic E-state index is -1.57. The van der Waals surface area contributed by atoms with Gasteiger partial charge in [-0.05, 0) is 39.5 Å². The van der Waals surface area contributed by atoms with E-state index in [9.17, 15) is 48.3 Å². The third-order valence-corrected chi connectivity index (χ3v) is 8.30. The van der Waals surface area contributed by atoms with Gasteiger partial charge < -0.3 is 57.7 Å². The summed E-state index contributed by atoms with van der Waals surface area (Å²) in [6, 6.07) is -7.10. The second kappa shape index (κ2) is 18.4. The zero-order chi connectivity index (χ0) is 37.8. The highest BCUT2D eigenvalue weighted by Crippen LogP contribution is 2.19. The minimum Gasteiger partial charge on any atom is -0.481 e. The van der Waals surface area contributed by atoms with Crippen LogP contribution in [0.2, 0.25) is 0 Å². The number of rotatable bonds is 18. The number of nitrogens with two attached hydrogens (primary N) is 1. The van der Waals surface area contributed by atoms with Crippen molar-refractivity contribution in [2.45, 2.75) is 101 Å². The van der Waals surface area contributed by atoms with Gasteiger partial charge in [-0.2, -0.15) is 0 Å². The molecular weight excluding hydrogens is 676 g/mol. The van der Waals surface area contributed by atoms with Crippen LogP contribution < -0.4 is 37.6 Å². The fourth-order valence-corrected chi connectivity index (χ4v) is 5.57. The highest BCUT2D eigenvalue weighted by atomic mass is 16.4. The van der Waals surface area contributed by atoms with E-state index in [0.29, 0.717) is 12.1 Å². The van der Waals surface area contributed by atoms with E-state index in [1.165, 1.54) is 31.3 Å². The Bertz CT molecular complexity index is 1480. The fourth-order valence-electron chi connectivity index (χ4n) is 5.57. The summed E-state index contributed by atoms with van der Waals surface area (Å²) in [5.74, 6) is -7.02. The maximum Gasteiger partial charge on any atom is 0.303 e. The van der Waals surface area contributed by atoms with E-state index in [1.807, 2.05) is 0 Å². The highest BCUT2D eigenvalue weighted by molar-refractivity contribution is 5.97. The average Bonchev–Trinajstić information content (AvgIpc) is 3.86. The van der Waals surface area contributed by atoms with Crippen LogP contribution in [0.3, 0.4) is 0 Å². The molecule has 21 heteroatoms. The molecule has 2 fully saturated rings. The predicted molar refractivity (Wildman–Crippen MR) is 172 cm³/mol. The van der Waals surface area contributed by atoms with Gasteiger partial charge in [-0.15, -0.1) is 0 Å². The lowest BCUT2D eigenvalue weighted by Crippen LogP contribution is -2.59. The SMILES string of the molecule is C[C@H](NC(=O)[C@@H](NC(=O)CNC(=O)[C@H](Cc1cnc[nH]1)NC(=O)[C@@H]1CCC(=O)N1)[C@@H](C)O)C(=O)N1CCC[C@H]1C(=O)N[C@@H](CCC(=O)O)C(N)=O. The Kier molecular flexibility index (Phi) is 14.4. The van der Waals surface area contributed by atoms with Crippen LogP contribution in [-0.4, -0.2) is 134 Å². The number of aliphatic hydroxyl groups excluding tert-OH is 1. The molecule has 51 heavy (non-hydrogen) atoms. The topological polar surface area (TPSA) is 324 Å². The molecular formula is C30H44N10O11. The molecule has 8 amide bonds. The van der Waals surface area contributed by atoms with Gasteiger partial charge in [0.15, 0.2) is 0 Å². The lowest BCUT2D eigenvalue weighted by molar-refractivity contribution is -0.142. The van der Waals surface area contributed by atoms with E-state index in [2.05, 4.69) is 41.9 Å². The minimum absolute atomic E-state index is 0.0273. The molecule has 7 atom stereocenters. The first-order chi connectivity index (χ1) is 24.1. The van der Waals surface area contributed by atoms with Gasteiger partial charge in [0.2, 0.25) is 47.3 Å². The molecule has 2 saturated heterocycles. The zero-order valence-corrected chi connectivity index (χ0v) is 28.1. The standard InChI is InChI=1S/C30H44N10O11/c1-14(30(51)40-9-3-4-20(40)28(49)37-17(25(31)46)6-8-23(44)45)35-29(50)24(15(2)41)39-22(43)12-33-26(47)19(10-16-11-32-13-34-16)38-27(48)18-5-7-21(42)36-18/h11,13-15,17-20,24,41H,3-10,12H2,1-2H3,(H2,31,46)(H,32,34)(H,33,47)(H,35,50)(H,36,42)(H,37,49)(H,38,48)(H,39,43)(H,44,45)/t14-,15+,17-,18-,19-,20-,24-/m0/s1. The number of imidazole rings is 1. The molecule has 3 heterocycles. The smallest absolute Gasteiger partial charge is 0.303 e. The number of carboxylic acids is 1. The third-order valence-electron chi connectivity index (χ3n) is 8.30.